The highest BCUT2D eigenvalue weighted by molar-refractivity contribution is 6.30. The van der Waals surface area contributed by atoms with Crippen LogP contribution in [0.1, 0.15) is 0 Å². The topological polar surface area (TPSA) is 95.2 Å². The van der Waals surface area contributed by atoms with Gasteiger partial charge in [-0.3, -0.25) is 0 Å². The van der Waals surface area contributed by atoms with Gasteiger partial charge in [0.2, 0.25) is 5.88 Å². The molecule has 2 heterocycles. The van der Waals surface area contributed by atoms with Gasteiger partial charge in [-0.15, -0.1) is 0 Å². The number of para-hydroxylation sites is 2. The lowest BCUT2D eigenvalue weighted by molar-refractivity contribution is 0.374. The first-order valence-corrected chi connectivity index (χ1v) is 7.35. The number of nitrogens with two attached hydrogens (primary N) is 1. The molecule has 0 radical (unpaired) electrons. The molecule has 0 unspecified atom stereocenters. The lowest BCUT2D eigenvalue weighted by atomic mass is 10.3. The van der Waals surface area contributed by atoms with Crippen LogP contribution in [0.15, 0.2) is 48.9 Å². The summed E-state index contributed by atoms with van der Waals surface area (Å²) in [5.74, 6) is 2.22. The Morgan fingerprint density at radius 1 is 1.04 bits per heavy atom. The number of nitrogens with zero attached hydrogens (tertiary/aromatic N) is 3. The highest BCUT2D eigenvalue weighted by atomic mass is 35.5. The van der Waals surface area contributed by atoms with Gasteiger partial charge in [0.05, 0.1) is 12.1 Å². The average Bonchev–Trinajstić information content (AvgIpc) is 2.61. The quantitative estimate of drug-likeness (QED) is 0.730. The maximum absolute atomic E-state index is 6.09. The van der Waals surface area contributed by atoms with Crippen molar-refractivity contribution >= 4 is 28.9 Å². The Morgan fingerprint density at radius 2 is 1.83 bits per heavy atom. The fourth-order valence-corrected chi connectivity index (χ4v) is 2.05. The summed E-state index contributed by atoms with van der Waals surface area (Å²) in [7, 11) is 1.56. The van der Waals surface area contributed by atoms with E-state index in [0.717, 1.165) is 0 Å². The summed E-state index contributed by atoms with van der Waals surface area (Å²) in [6, 6.07) is 10.6. The van der Waals surface area contributed by atoms with Crippen molar-refractivity contribution in [1.82, 2.24) is 15.0 Å². The molecule has 0 bridgehead atoms. The molecular weight excluding hydrogens is 330 g/mol. The summed E-state index contributed by atoms with van der Waals surface area (Å²) < 4.78 is 11.0. The largest absolute Gasteiger partial charge is 0.493 e. The second-order valence-corrected chi connectivity index (χ2v) is 5.12. The number of benzene rings is 1. The highest BCUT2D eigenvalue weighted by Crippen LogP contribution is 2.34. The fourth-order valence-electron chi connectivity index (χ4n) is 1.94. The van der Waals surface area contributed by atoms with Crippen molar-refractivity contribution in [3.8, 4) is 17.4 Å². The SMILES string of the molecule is COc1ccccc1Oc1ncnc(Nc2ccc(Cl)cn2)c1N. The van der Waals surface area contributed by atoms with Crippen molar-refractivity contribution in [2.45, 2.75) is 0 Å². The smallest absolute Gasteiger partial charge is 0.248 e. The van der Waals surface area contributed by atoms with E-state index < -0.39 is 0 Å². The minimum atomic E-state index is 0.214. The van der Waals surface area contributed by atoms with Gasteiger partial charge in [-0.25, -0.2) is 9.97 Å². The average molecular weight is 344 g/mol. The molecule has 0 amide bonds. The van der Waals surface area contributed by atoms with E-state index in [4.69, 9.17) is 26.8 Å². The van der Waals surface area contributed by atoms with Crippen molar-refractivity contribution in [1.29, 1.82) is 0 Å². The Hall–Kier alpha value is -3.06. The number of ether oxygens (including phenoxy) is 2. The summed E-state index contributed by atoms with van der Waals surface area (Å²) >= 11 is 5.82. The van der Waals surface area contributed by atoms with Gasteiger partial charge in [-0.1, -0.05) is 23.7 Å². The van der Waals surface area contributed by atoms with E-state index in [0.29, 0.717) is 28.2 Å². The first-order valence-electron chi connectivity index (χ1n) is 6.97. The van der Waals surface area contributed by atoms with Gasteiger partial charge in [0, 0.05) is 6.20 Å². The Labute approximate surface area is 143 Å². The molecule has 0 saturated heterocycles. The number of hydrogen-bond donors (Lipinski definition) is 2. The molecule has 0 fully saturated rings. The first kappa shape index (κ1) is 15.8. The van der Waals surface area contributed by atoms with Crippen LogP contribution in [-0.2, 0) is 0 Å². The molecule has 0 aliphatic carbocycles. The van der Waals surface area contributed by atoms with Crippen molar-refractivity contribution in [3.05, 3.63) is 53.9 Å². The molecule has 24 heavy (non-hydrogen) atoms. The summed E-state index contributed by atoms with van der Waals surface area (Å²) in [6.45, 7) is 0. The molecule has 1 aromatic carbocycles. The zero-order valence-electron chi connectivity index (χ0n) is 12.7. The van der Waals surface area contributed by atoms with E-state index >= 15 is 0 Å². The Morgan fingerprint density at radius 3 is 2.54 bits per heavy atom. The highest BCUT2D eigenvalue weighted by Gasteiger charge is 2.13. The third-order valence-corrected chi connectivity index (χ3v) is 3.32. The van der Waals surface area contributed by atoms with Gasteiger partial charge >= 0.3 is 0 Å². The minimum absolute atomic E-state index is 0.214. The van der Waals surface area contributed by atoms with Crippen LogP contribution >= 0.6 is 11.6 Å². The van der Waals surface area contributed by atoms with E-state index in [-0.39, 0.29) is 11.6 Å². The third kappa shape index (κ3) is 3.47. The van der Waals surface area contributed by atoms with Crippen LogP contribution in [0.4, 0.5) is 17.3 Å². The van der Waals surface area contributed by atoms with Crippen LogP contribution < -0.4 is 20.5 Å². The van der Waals surface area contributed by atoms with Crippen molar-refractivity contribution in [2.24, 2.45) is 0 Å². The molecule has 0 saturated carbocycles. The summed E-state index contributed by atoms with van der Waals surface area (Å²) in [5.41, 5.74) is 6.34. The number of anilines is 3. The predicted molar refractivity (Wildman–Crippen MR) is 92.0 cm³/mol. The van der Waals surface area contributed by atoms with Gasteiger partial charge in [0.15, 0.2) is 17.3 Å². The number of nitrogen functional groups attached to an aromatic ring is 1. The lowest BCUT2D eigenvalue weighted by Gasteiger charge is -2.13. The summed E-state index contributed by atoms with van der Waals surface area (Å²) in [5, 5.41) is 3.54. The van der Waals surface area contributed by atoms with E-state index in [9.17, 15) is 0 Å². The molecule has 2 aromatic heterocycles. The molecule has 0 aliphatic heterocycles. The summed E-state index contributed by atoms with van der Waals surface area (Å²) in [4.78, 5) is 12.3. The number of hydrogen-bond acceptors (Lipinski definition) is 7. The number of methoxy groups -OCH3 is 1. The second kappa shape index (κ2) is 7.01. The molecular formula is C16H14ClN5O2. The van der Waals surface area contributed by atoms with Crippen LogP contribution in [0.5, 0.6) is 17.4 Å². The van der Waals surface area contributed by atoms with E-state index in [1.807, 2.05) is 12.1 Å². The first-order chi connectivity index (χ1) is 11.7. The number of halogens is 1. The van der Waals surface area contributed by atoms with Gasteiger partial charge in [0.25, 0.3) is 0 Å². The molecule has 7 nitrogen and oxygen atoms in total. The lowest BCUT2D eigenvalue weighted by Crippen LogP contribution is -2.04. The zero-order chi connectivity index (χ0) is 16.9. The van der Waals surface area contributed by atoms with Crippen LogP contribution in [0, 0.1) is 0 Å². The molecule has 3 aromatic rings. The van der Waals surface area contributed by atoms with Gasteiger partial charge in [-0.2, -0.15) is 4.98 Å². The van der Waals surface area contributed by atoms with Gasteiger partial charge in [0.1, 0.15) is 17.8 Å². The van der Waals surface area contributed by atoms with Gasteiger partial charge in [-0.05, 0) is 24.3 Å². The van der Waals surface area contributed by atoms with E-state index in [2.05, 4.69) is 20.3 Å². The maximum Gasteiger partial charge on any atom is 0.248 e. The van der Waals surface area contributed by atoms with Crippen LogP contribution in [0.2, 0.25) is 5.02 Å². The predicted octanol–water partition coefficient (Wildman–Crippen LogP) is 3.65. The minimum Gasteiger partial charge on any atom is -0.493 e. The van der Waals surface area contributed by atoms with Crippen molar-refractivity contribution in [3.63, 3.8) is 0 Å². The Kier molecular flexibility index (Phi) is 4.62. The van der Waals surface area contributed by atoms with E-state index in [1.54, 1.807) is 31.4 Å². The van der Waals surface area contributed by atoms with Crippen LogP contribution in [0.25, 0.3) is 0 Å². The van der Waals surface area contributed by atoms with Gasteiger partial charge < -0.3 is 20.5 Å². The number of pyridine rings is 1. The van der Waals surface area contributed by atoms with Crippen LogP contribution in [0.3, 0.4) is 0 Å². The molecule has 8 heteroatoms. The molecule has 0 atom stereocenters. The monoisotopic (exact) mass is 343 g/mol. The van der Waals surface area contributed by atoms with Crippen molar-refractivity contribution < 1.29 is 9.47 Å². The summed E-state index contributed by atoms with van der Waals surface area (Å²) in [6.07, 6.45) is 2.87. The van der Waals surface area contributed by atoms with Crippen molar-refractivity contribution in [2.75, 3.05) is 18.2 Å². The Balaban J connectivity index is 1.86. The van der Waals surface area contributed by atoms with E-state index in [1.165, 1.54) is 12.5 Å². The standard InChI is InChI=1S/C16H14ClN5O2/c1-23-11-4-2-3-5-12(11)24-16-14(18)15(20-9-21-16)22-13-7-6-10(17)8-19-13/h2-9H,18H2,1H3,(H,19,20,21,22). The zero-order valence-corrected chi connectivity index (χ0v) is 13.5. The number of nitrogens with one attached hydrogen (secondary N) is 1. The van der Waals surface area contributed by atoms with Crippen LogP contribution in [-0.4, -0.2) is 22.1 Å². The number of rotatable bonds is 5. The fraction of sp³-hybridized carbons (Fsp3) is 0.0625. The third-order valence-electron chi connectivity index (χ3n) is 3.10. The molecule has 3 N–H and O–H groups in total. The molecule has 0 aliphatic rings. The second-order valence-electron chi connectivity index (χ2n) is 4.68. The maximum atomic E-state index is 6.09. The molecule has 122 valence electrons. The number of aromatic nitrogens is 3. The molecule has 3 rings (SSSR count). The molecule has 0 spiro atoms. The Bertz CT molecular complexity index is 842. The normalized spacial score (nSPS) is 10.2.